The normalized spacial score (nSPS) is 18.9. The van der Waals surface area contributed by atoms with Gasteiger partial charge >= 0.3 is 0 Å². The third-order valence-corrected chi connectivity index (χ3v) is 2.14. The summed E-state index contributed by atoms with van der Waals surface area (Å²) in [5, 5.41) is 0. The van der Waals surface area contributed by atoms with Gasteiger partial charge in [0.2, 0.25) is 11.8 Å². The number of ether oxygens (including phenoxy) is 2. The lowest BCUT2D eigenvalue weighted by atomic mass is 10.0. The SMILES string of the molecule is CC.CCOC1=NC(C(C)C)C(OCC)=NC1. The summed E-state index contributed by atoms with van der Waals surface area (Å²) in [6.45, 7) is 13.9. The van der Waals surface area contributed by atoms with Crippen molar-refractivity contribution in [2.24, 2.45) is 15.9 Å². The Balaban J connectivity index is 0.00000121. The van der Waals surface area contributed by atoms with E-state index in [0.29, 0.717) is 25.7 Å². The minimum Gasteiger partial charge on any atom is -0.480 e. The lowest BCUT2D eigenvalue weighted by Crippen LogP contribution is -2.33. The molecule has 4 heteroatoms. The third kappa shape index (κ3) is 5.20. The summed E-state index contributed by atoms with van der Waals surface area (Å²) in [7, 11) is 0. The number of hydrogen-bond donors (Lipinski definition) is 0. The molecule has 0 saturated carbocycles. The summed E-state index contributed by atoms with van der Waals surface area (Å²) >= 11 is 0. The highest BCUT2D eigenvalue weighted by Gasteiger charge is 2.25. The van der Waals surface area contributed by atoms with Crippen LogP contribution in [-0.2, 0) is 9.47 Å². The Bertz CT molecular complexity index is 260. The van der Waals surface area contributed by atoms with Crippen molar-refractivity contribution < 1.29 is 9.47 Å². The highest BCUT2D eigenvalue weighted by atomic mass is 16.5. The van der Waals surface area contributed by atoms with Gasteiger partial charge in [0, 0.05) is 0 Å². The molecular formula is C13H26N2O2. The van der Waals surface area contributed by atoms with E-state index in [1.54, 1.807) is 0 Å². The molecule has 1 aliphatic rings. The lowest BCUT2D eigenvalue weighted by molar-refractivity contribution is 0.285. The lowest BCUT2D eigenvalue weighted by Gasteiger charge is -2.23. The molecule has 0 aromatic heterocycles. The average Bonchev–Trinajstić information content (AvgIpc) is 2.34. The van der Waals surface area contributed by atoms with Gasteiger partial charge in [0.1, 0.15) is 12.6 Å². The van der Waals surface area contributed by atoms with Crippen LogP contribution in [0.15, 0.2) is 9.98 Å². The van der Waals surface area contributed by atoms with E-state index in [2.05, 4.69) is 23.8 Å². The van der Waals surface area contributed by atoms with Crippen molar-refractivity contribution in [2.75, 3.05) is 19.8 Å². The van der Waals surface area contributed by atoms with E-state index in [9.17, 15) is 0 Å². The molecule has 0 spiro atoms. The average molecular weight is 242 g/mol. The fourth-order valence-electron chi connectivity index (χ4n) is 1.45. The number of nitrogens with zero attached hydrogens (tertiary/aromatic N) is 2. The molecule has 1 rings (SSSR count). The van der Waals surface area contributed by atoms with Crippen LogP contribution in [-0.4, -0.2) is 37.6 Å². The van der Waals surface area contributed by atoms with Gasteiger partial charge in [0.15, 0.2) is 0 Å². The molecule has 1 atom stereocenters. The Morgan fingerprint density at radius 1 is 1.18 bits per heavy atom. The molecule has 0 fully saturated rings. The molecule has 1 unspecified atom stereocenters. The molecule has 0 aliphatic carbocycles. The largest absolute Gasteiger partial charge is 0.480 e. The van der Waals surface area contributed by atoms with Crippen molar-refractivity contribution in [2.45, 2.75) is 47.6 Å². The molecular weight excluding hydrogens is 216 g/mol. The Kier molecular flexibility index (Phi) is 8.46. The number of rotatable bonds is 3. The summed E-state index contributed by atoms with van der Waals surface area (Å²) in [5.74, 6) is 1.85. The summed E-state index contributed by atoms with van der Waals surface area (Å²) in [4.78, 5) is 8.87. The van der Waals surface area contributed by atoms with Crippen LogP contribution in [0.4, 0.5) is 0 Å². The number of aliphatic imine (C=N–C) groups is 2. The number of hydrogen-bond acceptors (Lipinski definition) is 4. The van der Waals surface area contributed by atoms with E-state index in [0.717, 1.165) is 11.8 Å². The van der Waals surface area contributed by atoms with Crippen LogP contribution in [0, 0.1) is 5.92 Å². The minimum atomic E-state index is 0.0141. The zero-order valence-corrected chi connectivity index (χ0v) is 12.0. The molecule has 0 N–H and O–H groups in total. The van der Waals surface area contributed by atoms with E-state index >= 15 is 0 Å². The first-order valence-corrected chi connectivity index (χ1v) is 6.55. The topological polar surface area (TPSA) is 43.2 Å². The first kappa shape index (κ1) is 15.9. The van der Waals surface area contributed by atoms with Crippen LogP contribution in [0.3, 0.4) is 0 Å². The second-order valence-electron chi connectivity index (χ2n) is 3.73. The Hall–Kier alpha value is -1.06. The van der Waals surface area contributed by atoms with Crippen LogP contribution in [0.2, 0.25) is 0 Å². The van der Waals surface area contributed by atoms with Crippen molar-refractivity contribution in [3.63, 3.8) is 0 Å². The summed E-state index contributed by atoms with van der Waals surface area (Å²) in [5.41, 5.74) is 0. The van der Waals surface area contributed by atoms with E-state index < -0.39 is 0 Å². The molecule has 1 heterocycles. The Labute approximate surface area is 105 Å². The summed E-state index contributed by atoms with van der Waals surface area (Å²) in [6, 6.07) is 0.0141. The van der Waals surface area contributed by atoms with Gasteiger partial charge in [0.25, 0.3) is 0 Å². The standard InChI is InChI=1S/C11H20N2O2.C2H6/c1-5-14-9-7-12-11(15-6-2)10(13-9)8(3)4;1-2/h8,10H,5-7H2,1-4H3;1-2H3. The van der Waals surface area contributed by atoms with Gasteiger partial charge in [-0.1, -0.05) is 27.7 Å². The molecule has 0 aromatic rings. The predicted molar refractivity (Wildman–Crippen MR) is 73.0 cm³/mol. The highest BCUT2D eigenvalue weighted by molar-refractivity contribution is 5.92. The second-order valence-corrected chi connectivity index (χ2v) is 3.73. The Morgan fingerprint density at radius 2 is 1.76 bits per heavy atom. The first-order chi connectivity index (χ1) is 8.19. The van der Waals surface area contributed by atoms with Crippen molar-refractivity contribution in [3.05, 3.63) is 0 Å². The van der Waals surface area contributed by atoms with Gasteiger partial charge in [-0.25, -0.2) is 9.98 Å². The van der Waals surface area contributed by atoms with Crippen LogP contribution in [0.1, 0.15) is 41.5 Å². The molecule has 0 radical (unpaired) electrons. The van der Waals surface area contributed by atoms with Crippen LogP contribution in [0.25, 0.3) is 0 Å². The van der Waals surface area contributed by atoms with Gasteiger partial charge in [-0.05, 0) is 19.8 Å². The minimum absolute atomic E-state index is 0.0141. The van der Waals surface area contributed by atoms with Gasteiger partial charge in [-0.2, -0.15) is 0 Å². The fourth-order valence-corrected chi connectivity index (χ4v) is 1.45. The van der Waals surface area contributed by atoms with Crippen LogP contribution < -0.4 is 0 Å². The monoisotopic (exact) mass is 242 g/mol. The zero-order valence-electron chi connectivity index (χ0n) is 12.0. The maximum atomic E-state index is 5.47. The maximum Gasteiger partial charge on any atom is 0.209 e. The highest BCUT2D eigenvalue weighted by Crippen LogP contribution is 2.14. The Morgan fingerprint density at radius 3 is 2.24 bits per heavy atom. The molecule has 17 heavy (non-hydrogen) atoms. The molecule has 0 amide bonds. The third-order valence-electron chi connectivity index (χ3n) is 2.14. The fraction of sp³-hybridized carbons (Fsp3) is 0.846. The van der Waals surface area contributed by atoms with Crippen LogP contribution in [0.5, 0.6) is 0 Å². The summed E-state index contributed by atoms with van der Waals surface area (Å²) in [6.07, 6.45) is 0. The molecule has 4 nitrogen and oxygen atoms in total. The van der Waals surface area contributed by atoms with Crippen molar-refractivity contribution >= 4 is 11.8 Å². The van der Waals surface area contributed by atoms with Gasteiger partial charge in [-0.15, -0.1) is 0 Å². The molecule has 0 saturated heterocycles. The molecule has 100 valence electrons. The summed E-state index contributed by atoms with van der Waals surface area (Å²) < 4.78 is 10.8. The quantitative estimate of drug-likeness (QED) is 0.763. The molecule has 1 aliphatic heterocycles. The van der Waals surface area contributed by atoms with Gasteiger partial charge in [0.05, 0.1) is 13.2 Å². The van der Waals surface area contributed by atoms with Crippen molar-refractivity contribution in [1.29, 1.82) is 0 Å². The van der Waals surface area contributed by atoms with Gasteiger partial charge < -0.3 is 9.47 Å². The maximum absolute atomic E-state index is 5.47. The van der Waals surface area contributed by atoms with Crippen LogP contribution >= 0.6 is 0 Å². The molecule has 0 bridgehead atoms. The van der Waals surface area contributed by atoms with E-state index in [4.69, 9.17) is 9.47 Å². The smallest absolute Gasteiger partial charge is 0.209 e. The van der Waals surface area contributed by atoms with E-state index in [-0.39, 0.29) is 6.04 Å². The second kappa shape index (κ2) is 9.02. The first-order valence-electron chi connectivity index (χ1n) is 6.55. The predicted octanol–water partition coefficient (Wildman–Crippen LogP) is 2.92. The van der Waals surface area contributed by atoms with E-state index in [1.807, 2.05) is 27.7 Å². The van der Waals surface area contributed by atoms with E-state index in [1.165, 1.54) is 0 Å². The van der Waals surface area contributed by atoms with Crippen molar-refractivity contribution in [3.8, 4) is 0 Å². The zero-order chi connectivity index (χ0) is 13.3. The van der Waals surface area contributed by atoms with Gasteiger partial charge in [-0.3, -0.25) is 0 Å². The molecule has 0 aromatic carbocycles. The van der Waals surface area contributed by atoms with Crippen molar-refractivity contribution in [1.82, 2.24) is 0 Å².